The molecule has 1 unspecified atom stereocenters. The van der Waals surface area contributed by atoms with Crippen molar-refractivity contribution in [3.05, 3.63) is 68.7 Å². The molecule has 1 atom stereocenters. The van der Waals surface area contributed by atoms with E-state index in [-0.39, 0.29) is 40.4 Å². The fourth-order valence-electron chi connectivity index (χ4n) is 2.97. The van der Waals surface area contributed by atoms with Crippen LogP contribution in [0.1, 0.15) is 34.6 Å². The van der Waals surface area contributed by atoms with E-state index < -0.39 is 36.0 Å². The van der Waals surface area contributed by atoms with E-state index in [0.29, 0.717) is 24.0 Å². The molecule has 0 amide bonds. The van der Waals surface area contributed by atoms with Gasteiger partial charge in [0.25, 0.3) is 0 Å². The molecule has 12 heteroatoms. The molecule has 0 radical (unpaired) electrons. The molecule has 0 heterocycles. The Morgan fingerprint density at radius 3 is 2.09 bits per heavy atom. The summed E-state index contributed by atoms with van der Waals surface area (Å²) in [5.74, 6) is -0.676. The fraction of sp³-hybridized carbons (Fsp3) is 0.333. The van der Waals surface area contributed by atoms with Crippen LogP contribution in [0.5, 0.6) is 0 Å². The number of nitrogens with zero attached hydrogens (tertiary/aromatic N) is 1. The summed E-state index contributed by atoms with van der Waals surface area (Å²) < 4.78 is 83.5. The first-order valence-electron chi connectivity index (χ1n) is 9.21. The topological polar surface area (TPSA) is 47.9 Å². The summed E-state index contributed by atoms with van der Waals surface area (Å²) in [6, 6.07) is 5.78. The Balaban J connectivity index is 2.27. The number of rotatable bonds is 9. The highest BCUT2D eigenvalue weighted by Crippen LogP contribution is 2.36. The molecule has 33 heavy (non-hydrogen) atoms. The van der Waals surface area contributed by atoms with Crippen LogP contribution >= 0.6 is 23.2 Å². The molecule has 0 spiro atoms. The Labute approximate surface area is 195 Å². The number of aldehydes is 1. The van der Waals surface area contributed by atoms with Gasteiger partial charge in [-0.1, -0.05) is 34.4 Å². The molecule has 0 aliphatic carbocycles. The minimum absolute atomic E-state index is 0.0334. The number of hydrogen-bond donors (Lipinski definition) is 0. The molecule has 2 aromatic rings. The van der Waals surface area contributed by atoms with Gasteiger partial charge in [-0.2, -0.15) is 26.3 Å². The number of benzene rings is 2. The van der Waals surface area contributed by atoms with Crippen LogP contribution in [0.2, 0.25) is 10.0 Å². The zero-order valence-electron chi connectivity index (χ0n) is 16.9. The molecule has 0 aromatic heterocycles. The molecular formula is C21H17Cl2F6NO3. The van der Waals surface area contributed by atoms with Gasteiger partial charge in [-0.3, -0.25) is 0 Å². The lowest BCUT2D eigenvalue weighted by Crippen LogP contribution is -2.20. The lowest BCUT2D eigenvalue weighted by atomic mass is 9.91. The normalized spacial score (nSPS) is 13.7. The van der Waals surface area contributed by atoms with Crippen LogP contribution in [-0.2, 0) is 33.3 Å². The predicted octanol–water partition coefficient (Wildman–Crippen LogP) is 6.92. The summed E-state index contributed by atoms with van der Waals surface area (Å²) in [5.41, 5.74) is -2.52. The summed E-state index contributed by atoms with van der Waals surface area (Å²) in [5, 5.41) is 4.30. The smallest absolute Gasteiger partial charge is 0.399 e. The average Bonchev–Trinajstić information content (AvgIpc) is 2.72. The van der Waals surface area contributed by atoms with Crippen molar-refractivity contribution in [2.24, 2.45) is 5.16 Å². The highest BCUT2D eigenvalue weighted by atomic mass is 35.5. The molecule has 180 valence electrons. The van der Waals surface area contributed by atoms with Gasteiger partial charge in [0.15, 0.2) is 0 Å². The van der Waals surface area contributed by atoms with Gasteiger partial charge >= 0.3 is 12.4 Å². The van der Waals surface area contributed by atoms with E-state index in [2.05, 4.69) is 5.16 Å². The van der Waals surface area contributed by atoms with Gasteiger partial charge in [0.2, 0.25) is 0 Å². The van der Waals surface area contributed by atoms with Gasteiger partial charge in [0.1, 0.15) is 13.4 Å². The first kappa shape index (κ1) is 26.9. The van der Waals surface area contributed by atoms with E-state index in [4.69, 9.17) is 32.8 Å². The summed E-state index contributed by atoms with van der Waals surface area (Å²) in [6.45, 7) is -0.922. The summed E-state index contributed by atoms with van der Waals surface area (Å²) in [4.78, 5) is 16.0. The lowest BCUT2D eigenvalue weighted by molar-refractivity contribution is -0.143. The number of alkyl halides is 6. The van der Waals surface area contributed by atoms with Gasteiger partial charge in [-0.25, -0.2) is 0 Å². The first-order chi connectivity index (χ1) is 15.4. The number of oxime groups is 1. The van der Waals surface area contributed by atoms with Gasteiger partial charge in [-0.15, -0.1) is 0 Å². The molecule has 0 aliphatic heterocycles. The van der Waals surface area contributed by atoms with Gasteiger partial charge in [0.05, 0.1) is 40.1 Å². The van der Waals surface area contributed by atoms with Crippen LogP contribution in [0.3, 0.4) is 0 Å². The van der Waals surface area contributed by atoms with Gasteiger partial charge in [0, 0.05) is 12.3 Å². The Hall–Kier alpha value is -2.30. The minimum Gasteiger partial charge on any atom is -0.399 e. The average molecular weight is 516 g/mol. The third kappa shape index (κ3) is 7.62. The molecule has 0 saturated heterocycles. The molecule has 0 bridgehead atoms. The number of halogens is 8. The Morgan fingerprint density at radius 1 is 1.00 bits per heavy atom. The van der Waals surface area contributed by atoms with Gasteiger partial charge < -0.3 is 14.4 Å². The summed E-state index contributed by atoms with van der Waals surface area (Å²) >= 11 is 11.9. The van der Waals surface area contributed by atoms with Crippen molar-refractivity contribution in [2.75, 3.05) is 13.7 Å². The monoisotopic (exact) mass is 515 g/mol. The van der Waals surface area contributed by atoms with Crippen LogP contribution in [0.15, 0.2) is 41.6 Å². The van der Waals surface area contributed by atoms with Crippen LogP contribution in [0, 0.1) is 0 Å². The zero-order chi connectivity index (χ0) is 24.8. The second-order valence-corrected chi connectivity index (χ2v) is 7.62. The third-order valence-corrected chi connectivity index (χ3v) is 5.19. The lowest BCUT2D eigenvalue weighted by Gasteiger charge is -2.18. The van der Waals surface area contributed by atoms with Crippen molar-refractivity contribution in [1.29, 1.82) is 0 Å². The van der Waals surface area contributed by atoms with Crippen molar-refractivity contribution in [3.8, 4) is 0 Å². The van der Waals surface area contributed by atoms with Crippen LogP contribution in [0.25, 0.3) is 0 Å². The molecule has 0 N–H and O–H groups in total. The maximum Gasteiger partial charge on any atom is 0.416 e. The van der Waals surface area contributed by atoms with Crippen molar-refractivity contribution in [1.82, 2.24) is 0 Å². The Kier molecular flexibility index (Phi) is 9.16. The molecule has 4 nitrogen and oxygen atoms in total. The van der Waals surface area contributed by atoms with E-state index in [1.165, 1.54) is 19.2 Å². The van der Waals surface area contributed by atoms with E-state index in [9.17, 15) is 31.1 Å². The Bertz CT molecular complexity index is 976. The number of carbonyl (C=O) groups is 1. The first-order valence-corrected chi connectivity index (χ1v) is 9.97. The quantitative estimate of drug-likeness (QED) is 0.157. The maximum atomic E-state index is 13.0. The van der Waals surface area contributed by atoms with Crippen LogP contribution < -0.4 is 0 Å². The molecule has 0 fully saturated rings. The number of carbonyl (C=O) groups excluding carboxylic acids is 1. The Morgan fingerprint density at radius 2 is 1.61 bits per heavy atom. The SMILES string of the molecule is CO/N=C(/COCc1cc(C(F)(F)F)cc(C(F)(F)F)c1)C(CC=O)c1ccc(Cl)c(Cl)c1. The second kappa shape index (κ2) is 11.2. The highest BCUT2D eigenvalue weighted by Gasteiger charge is 2.36. The van der Waals surface area contributed by atoms with Gasteiger partial charge in [-0.05, 0) is 41.5 Å². The van der Waals surface area contributed by atoms with E-state index in [1.807, 2.05) is 0 Å². The standard InChI is InChI=1S/C21H17Cl2F6NO3/c1-32-30-19(16(4-5-31)13-2-3-17(22)18(23)8-13)11-33-10-12-6-14(20(24,25)26)9-15(7-12)21(27,28)29/h2-3,5-9,16H,4,10-11H2,1H3/b30-19-. The fourth-order valence-corrected chi connectivity index (χ4v) is 3.28. The minimum atomic E-state index is -4.97. The van der Waals surface area contributed by atoms with Crippen molar-refractivity contribution in [3.63, 3.8) is 0 Å². The maximum absolute atomic E-state index is 13.0. The molecule has 2 rings (SSSR count). The zero-order valence-corrected chi connectivity index (χ0v) is 18.4. The highest BCUT2D eigenvalue weighted by molar-refractivity contribution is 6.42. The van der Waals surface area contributed by atoms with Crippen molar-refractivity contribution in [2.45, 2.75) is 31.3 Å². The predicted molar refractivity (Wildman–Crippen MR) is 110 cm³/mol. The van der Waals surface area contributed by atoms with E-state index in [0.717, 1.165) is 0 Å². The van der Waals surface area contributed by atoms with Crippen LogP contribution in [0.4, 0.5) is 26.3 Å². The van der Waals surface area contributed by atoms with Crippen molar-refractivity contribution < 1.29 is 40.7 Å². The molecule has 2 aromatic carbocycles. The number of hydrogen-bond acceptors (Lipinski definition) is 4. The van der Waals surface area contributed by atoms with E-state index in [1.54, 1.807) is 6.07 Å². The molecular weight excluding hydrogens is 499 g/mol. The molecule has 0 saturated carbocycles. The second-order valence-electron chi connectivity index (χ2n) is 6.80. The third-order valence-electron chi connectivity index (χ3n) is 4.45. The van der Waals surface area contributed by atoms with Crippen molar-refractivity contribution >= 4 is 35.2 Å². The van der Waals surface area contributed by atoms with Crippen LogP contribution in [-0.4, -0.2) is 25.7 Å². The summed E-state index contributed by atoms with van der Waals surface area (Å²) in [6.07, 6.45) is -9.39. The molecule has 0 aliphatic rings. The largest absolute Gasteiger partial charge is 0.416 e. The van der Waals surface area contributed by atoms with E-state index >= 15 is 0 Å². The number of ether oxygens (including phenoxy) is 1. The summed E-state index contributed by atoms with van der Waals surface area (Å²) in [7, 11) is 1.23.